The maximum Gasteiger partial charge on any atom is 0.167 e. The third-order valence-corrected chi connectivity index (χ3v) is 1.40. The molecule has 58 valence electrons. The van der Waals surface area contributed by atoms with Crippen molar-refractivity contribution >= 4 is 18.1 Å². The summed E-state index contributed by atoms with van der Waals surface area (Å²) in [5.41, 5.74) is 6.85. The van der Waals surface area contributed by atoms with Gasteiger partial charge in [0, 0.05) is 0 Å². The van der Waals surface area contributed by atoms with Crippen LogP contribution >= 0.6 is 0 Å². The van der Waals surface area contributed by atoms with E-state index in [-0.39, 0.29) is 0 Å². The van der Waals surface area contributed by atoms with Crippen molar-refractivity contribution < 1.29 is 4.74 Å². The largest absolute Gasteiger partial charge is 0.492 e. The smallest absolute Gasteiger partial charge is 0.167 e. The highest BCUT2D eigenvalue weighted by atomic mass is 16.5. The number of aliphatic imine (C=N–C) groups is 1. The quantitative estimate of drug-likeness (QED) is 0.514. The van der Waals surface area contributed by atoms with Crippen LogP contribution in [0, 0.1) is 0 Å². The average Bonchev–Trinajstić information content (AvgIpc) is 2.04. The fourth-order valence-electron chi connectivity index (χ4n) is 0.889. The van der Waals surface area contributed by atoms with Crippen LogP contribution in [0.1, 0.15) is 0 Å². The number of hydrogen-bond acceptors (Lipinski definition) is 3. The molecule has 0 unspecified atom stereocenters. The molecule has 0 heterocycles. The molecule has 11 heavy (non-hydrogen) atoms. The van der Waals surface area contributed by atoms with Gasteiger partial charge in [0.25, 0.3) is 0 Å². The number of nitrogen functional groups attached to an aromatic ring is 1. The first-order chi connectivity index (χ1) is 5.29. The minimum atomic E-state index is 0.581. The molecule has 0 saturated carbocycles. The van der Waals surface area contributed by atoms with Gasteiger partial charge in [-0.2, -0.15) is 0 Å². The molecular weight excluding hydrogens is 140 g/mol. The van der Waals surface area contributed by atoms with Crippen LogP contribution in [0.15, 0.2) is 23.2 Å². The van der Waals surface area contributed by atoms with E-state index in [4.69, 9.17) is 10.5 Å². The van der Waals surface area contributed by atoms with Gasteiger partial charge in [0.1, 0.15) is 5.69 Å². The molecule has 1 rings (SSSR count). The summed E-state index contributed by atoms with van der Waals surface area (Å²) in [5, 5.41) is 0. The Bertz CT molecular complexity index is 271. The van der Waals surface area contributed by atoms with Crippen molar-refractivity contribution in [2.45, 2.75) is 0 Å². The molecule has 0 aliphatic carbocycles. The van der Waals surface area contributed by atoms with E-state index in [1.807, 2.05) is 6.07 Å². The Hall–Kier alpha value is -1.51. The Kier molecular flexibility index (Phi) is 2.11. The minimum absolute atomic E-state index is 0.581. The van der Waals surface area contributed by atoms with Crippen LogP contribution in [0.25, 0.3) is 0 Å². The van der Waals surface area contributed by atoms with E-state index in [0.29, 0.717) is 17.1 Å². The predicted molar refractivity (Wildman–Crippen MR) is 46.6 cm³/mol. The first-order valence-corrected chi connectivity index (χ1v) is 3.18. The van der Waals surface area contributed by atoms with Gasteiger partial charge in [-0.05, 0) is 18.9 Å². The van der Waals surface area contributed by atoms with Gasteiger partial charge in [-0.3, -0.25) is 4.99 Å². The fourth-order valence-corrected chi connectivity index (χ4v) is 0.889. The van der Waals surface area contributed by atoms with E-state index < -0.39 is 0 Å². The molecule has 1 aromatic carbocycles. The molecule has 0 fully saturated rings. The van der Waals surface area contributed by atoms with Crippen molar-refractivity contribution in [2.24, 2.45) is 4.99 Å². The number of benzene rings is 1. The molecule has 1 aromatic rings. The number of nitrogens with two attached hydrogens (primary N) is 1. The lowest BCUT2D eigenvalue weighted by molar-refractivity contribution is 0.418. The molecule has 0 radical (unpaired) electrons. The van der Waals surface area contributed by atoms with Gasteiger partial charge in [-0.15, -0.1) is 0 Å². The number of nitrogens with zero attached hydrogens (tertiary/aromatic N) is 1. The van der Waals surface area contributed by atoms with Gasteiger partial charge in [-0.1, -0.05) is 6.07 Å². The number of ether oxygens (including phenoxy) is 1. The molecule has 0 saturated heterocycles. The molecule has 3 heteroatoms. The number of rotatable bonds is 2. The first kappa shape index (κ1) is 7.60. The SMILES string of the molecule is C=Nc1cccc(N)c1OC. The van der Waals surface area contributed by atoms with Crippen LogP contribution in [0.5, 0.6) is 5.75 Å². The second-order valence-corrected chi connectivity index (χ2v) is 2.06. The third kappa shape index (κ3) is 1.32. The molecule has 3 nitrogen and oxygen atoms in total. The van der Waals surface area contributed by atoms with Crippen molar-refractivity contribution in [2.75, 3.05) is 12.8 Å². The molecule has 0 atom stereocenters. The molecule has 0 aromatic heterocycles. The van der Waals surface area contributed by atoms with Gasteiger partial charge in [-0.25, -0.2) is 0 Å². The standard InChI is InChI=1S/C8H10N2O/c1-10-7-5-3-4-6(9)8(7)11-2/h3-5H,1,9H2,2H3. The maximum absolute atomic E-state index is 5.59. The zero-order chi connectivity index (χ0) is 8.27. The van der Waals surface area contributed by atoms with E-state index in [9.17, 15) is 0 Å². The van der Waals surface area contributed by atoms with E-state index in [2.05, 4.69) is 11.7 Å². The number of methoxy groups -OCH3 is 1. The van der Waals surface area contributed by atoms with Gasteiger partial charge in [0.05, 0.1) is 12.8 Å². The minimum Gasteiger partial charge on any atom is -0.492 e. The van der Waals surface area contributed by atoms with Gasteiger partial charge >= 0.3 is 0 Å². The topological polar surface area (TPSA) is 47.6 Å². The second kappa shape index (κ2) is 3.05. The van der Waals surface area contributed by atoms with E-state index in [0.717, 1.165) is 0 Å². The monoisotopic (exact) mass is 150 g/mol. The van der Waals surface area contributed by atoms with Gasteiger partial charge in [0.15, 0.2) is 5.75 Å². The molecule has 0 aliphatic rings. The Morgan fingerprint density at radius 2 is 2.27 bits per heavy atom. The van der Waals surface area contributed by atoms with Crippen molar-refractivity contribution in [3.05, 3.63) is 18.2 Å². The zero-order valence-electron chi connectivity index (χ0n) is 6.37. The normalized spacial score (nSPS) is 9.18. The summed E-state index contributed by atoms with van der Waals surface area (Å²) in [5.74, 6) is 0.586. The summed E-state index contributed by atoms with van der Waals surface area (Å²) in [6.45, 7) is 3.40. The fraction of sp³-hybridized carbons (Fsp3) is 0.125. The molecule has 0 aliphatic heterocycles. The van der Waals surface area contributed by atoms with Crippen LogP contribution in [0.2, 0.25) is 0 Å². The number of para-hydroxylation sites is 1. The molecule has 0 spiro atoms. The van der Waals surface area contributed by atoms with Gasteiger partial charge < -0.3 is 10.5 Å². The summed E-state index contributed by atoms with van der Waals surface area (Å²) in [4.78, 5) is 3.75. The summed E-state index contributed by atoms with van der Waals surface area (Å²) < 4.78 is 5.01. The van der Waals surface area contributed by atoms with Crippen LogP contribution in [-0.4, -0.2) is 13.8 Å². The molecule has 2 N–H and O–H groups in total. The van der Waals surface area contributed by atoms with Crippen LogP contribution in [-0.2, 0) is 0 Å². The Balaban J connectivity index is 3.23. The lowest BCUT2D eigenvalue weighted by Gasteiger charge is -2.05. The molecule has 0 bridgehead atoms. The Labute approximate surface area is 65.5 Å². The maximum atomic E-state index is 5.59. The van der Waals surface area contributed by atoms with Crippen molar-refractivity contribution in [3.8, 4) is 5.75 Å². The lowest BCUT2D eigenvalue weighted by atomic mass is 10.2. The number of hydrogen-bond donors (Lipinski definition) is 1. The van der Waals surface area contributed by atoms with Crippen LogP contribution in [0.4, 0.5) is 11.4 Å². The third-order valence-electron chi connectivity index (χ3n) is 1.40. The Morgan fingerprint density at radius 3 is 2.73 bits per heavy atom. The van der Waals surface area contributed by atoms with Crippen molar-refractivity contribution in [3.63, 3.8) is 0 Å². The highest BCUT2D eigenvalue weighted by Gasteiger charge is 2.02. The summed E-state index contributed by atoms with van der Waals surface area (Å²) in [6, 6.07) is 5.36. The highest BCUT2D eigenvalue weighted by Crippen LogP contribution is 2.32. The average molecular weight is 150 g/mol. The zero-order valence-corrected chi connectivity index (χ0v) is 6.37. The number of anilines is 1. The van der Waals surface area contributed by atoms with E-state index >= 15 is 0 Å². The lowest BCUT2D eigenvalue weighted by Crippen LogP contribution is -1.91. The first-order valence-electron chi connectivity index (χ1n) is 3.18. The van der Waals surface area contributed by atoms with Crippen molar-refractivity contribution in [1.82, 2.24) is 0 Å². The molecule has 0 amide bonds. The molecular formula is C8H10N2O. The second-order valence-electron chi connectivity index (χ2n) is 2.06. The Morgan fingerprint density at radius 1 is 1.55 bits per heavy atom. The summed E-state index contributed by atoms with van der Waals surface area (Å²) in [6.07, 6.45) is 0. The summed E-state index contributed by atoms with van der Waals surface area (Å²) >= 11 is 0. The van der Waals surface area contributed by atoms with Crippen molar-refractivity contribution in [1.29, 1.82) is 0 Å². The van der Waals surface area contributed by atoms with Crippen LogP contribution < -0.4 is 10.5 Å². The van der Waals surface area contributed by atoms with E-state index in [1.165, 1.54) is 0 Å². The summed E-state index contributed by atoms with van der Waals surface area (Å²) in [7, 11) is 1.56. The van der Waals surface area contributed by atoms with Gasteiger partial charge in [0.2, 0.25) is 0 Å². The predicted octanol–water partition coefficient (Wildman–Crippen LogP) is 1.61. The van der Waals surface area contributed by atoms with Crippen LogP contribution in [0.3, 0.4) is 0 Å². The van der Waals surface area contributed by atoms with E-state index in [1.54, 1.807) is 19.2 Å². The highest BCUT2D eigenvalue weighted by molar-refractivity contribution is 5.68.